The fourth-order valence-corrected chi connectivity index (χ4v) is 1.86. The summed E-state index contributed by atoms with van der Waals surface area (Å²) in [5.41, 5.74) is 1.84. The van der Waals surface area contributed by atoms with Gasteiger partial charge in [-0.05, 0) is 49.5 Å². The summed E-state index contributed by atoms with van der Waals surface area (Å²) in [6.45, 7) is 5.12. The van der Waals surface area contributed by atoms with E-state index in [1.54, 1.807) is 19.1 Å². The molecule has 0 fully saturated rings. The maximum absolute atomic E-state index is 11.9. The Morgan fingerprint density at radius 2 is 2.05 bits per heavy atom. The molecule has 1 rings (SSSR count). The molecule has 21 heavy (non-hydrogen) atoms. The minimum atomic E-state index is -0.628. The summed E-state index contributed by atoms with van der Waals surface area (Å²) in [5.74, 6) is -0.133. The number of nitrogens with zero attached hydrogens (tertiary/aromatic N) is 2. The van der Waals surface area contributed by atoms with Gasteiger partial charge in [0.15, 0.2) is 11.8 Å². The van der Waals surface area contributed by atoms with Crippen LogP contribution in [0.15, 0.2) is 35.6 Å². The fourth-order valence-electron chi connectivity index (χ4n) is 1.73. The van der Waals surface area contributed by atoms with Gasteiger partial charge in [-0.3, -0.25) is 4.79 Å². The molecule has 0 spiro atoms. The second-order valence-electron chi connectivity index (χ2n) is 4.97. The maximum atomic E-state index is 11.9. The molecule has 0 amide bonds. The monoisotopic (exact) mass is 308 g/mol. The van der Waals surface area contributed by atoms with Gasteiger partial charge in [-0.1, -0.05) is 41.9 Å². The Labute approximate surface area is 130 Å². The molecule has 0 unspecified atom stereocenters. The molecule has 1 aromatic rings. The van der Waals surface area contributed by atoms with E-state index in [0.29, 0.717) is 9.88 Å². The zero-order chi connectivity index (χ0) is 15.8. The highest BCUT2D eigenvalue weighted by atomic mass is 35.5. The summed E-state index contributed by atoms with van der Waals surface area (Å²) in [5, 5.41) is 16.3. The predicted octanol–water partition coefficient (Wildman–Crippen LogP) is 4.81. The smallest absolute Gasteiger partial charge is 0.213 e. The average molecular weight is 309 g/mol. The van der Waals surface area contributed by atoms with Crippen LogP contribution >= 0.6 is 11.6 Å². The van der Waals surface area contributed by atoms with Crippen LogP contribution in [0.4, 0.5) is 0 Å². The van der Waals surface area contributed by atoms with E-state index in [9.17, 15) is 10.0 Å². The number of carbonyl (C=O) groups is 1. The molecular formula is C16H21ClN2O2. The Morgan fingerprint density at radius 3 is 2.57 bits per heavy atom. The highest BCUT2D eigenvalue weighted by Gasteiger charge is 2.11. The van der Waals surface area contributed by atoms with Gasteiger partial charge in [-0.15, -0.1) is 0 Å². The van der Waals surface area contributed by atoms with Crippen LogP contribution in [-0.4, -0.2) is 16.7 Å². The lowest BCUT2D eigenvalue weighted by molar-refractivity contribution is -0.460. The first-order valence-electron chi connectivity index (χ1n) is 7.08. The molecule has 114 valence electrons. The van der Waals surface area contributed by atoms with Crippen molar-refractivity contribution in [1.82, 2.24) is 0 Å². The quantitative estimate of drug-likeness (QED) is 0.412. The van der Waals surface area contributed by atoms with Crippen LogP contribution in [0.1, 0.15) is 45.6 Å². The number of allylic oxidation sites excluding steroid dienone is 1. The van der Waals surface area contributed by atoms with Crippen molar-refractivity contribution in [3.63, 3.8) is 0 Å². The van der Waals surface area contributed by atoms with Crippen molar-refractivity contribution >= 4 is 23.0 Å². The van der Waals surface area contributed by atoms with Gasteiger partial charge < -0.3 is 5.21 Å². The largest absolute Gasteiger partial charge is 0.595 e. The number of hydrogen-bond acceptors (Lipinski definition) is 3. The number of unbranched alkanes of at least 4 members (excludes halogenated alkanes) is 1. The summed E-state index contributed by atoms with van der Waals surface area (Å²) in [6, 6.07) is 6.72. The van der Waals surface area contributed by atoms with E-state index in [1.165, 1.54) is 13.1 Å². The van der Waals surface area contributed by atoms with Gasteiger partial charge in [0.05, 0.1) is 0 Å². The van der Waals surface area contributed by atoms with Gasteiger partial charge in [0, 0.05) is 10.6 Å². The van der Waals surface area contributed by atoms with Crippen LogP contribution in [-0.2, 0) is 4.79 Å². The Kier molecular flexibility index (Phi) is 7.09. The summed E-state index contributed by atoms with van der Waals surface area (Å²) < 4.78 is 0. The number of hydroxylamine groups is 1. The third-order valence-corrected chi connectivity index (χ3v) is 3.41. The number of rotatable bonds is 7. The number of Topliss-reactive ketones (excluding diaryl/α,β-unsaturated/α-hetero) is 1. The van der Waals surface area contributed by atoms with Crippen molar-refractivity contribution in [2.45, 2.75) is 46.1 Å². The molecule has 4 nitrogen and oxygen atoms in total. The molecule has 0 aliphatic heterocycles. The normalized spacial score (nSPS) is 14.1. The molecule has 1 atom stereocenters. The lowest BCUT2D eigenvalue weighted by Crippen LogP contribution is -2.12. The first kappa shape index (κ1) is 17.4. The number of hydrogen-bond donors (Lipinski definition) is 0. The predicted molar refractivity (Wildman–Crippen MR) is 85.2 cm³/mol. The molecule has 0 aliphatic carbocycles. The molecule has 0 aromatic heterocycles. The topological polar surface area (TPSA) is 55.5 Å². The van der Waals surface area contributed by atoms with Crippen LogP contribution < -0.4 is 0 Å². The van der Waals surface area contributed by atoms with Crippen LogP contribution in [0, 0.1) is 5.21 Å². The molecule has 0 heterocycles. The van der Waals surface area contributed by atoms with E-state index >= 15 is 0 Å². The zero-order valence-electron chi connectivity index (χ0n) is 12.7. The average Bonchev–Trinajstić information content (AvgIpc) is 2.44. The van der Waals surface area contributed by atoms with E-state index < -0.39 is 6.04 Å². The zero-order valence-corrected chi connectivity index (χ0v) is 13.4. The molecule has 0 N–H and O–H groups in total. The Bertz CT molecular complexity index is 536. The van der Waals surface area contributed by atoms with Gasteiger partial charge in [-0.2, -0.15) is 0 Å². The van der Waals surface area contributed by atoms with Crippen molar-refractivity contribution in [3.8, 4) is 0 Å². The van der Waals surface area contributed by atoms with Crippen LogP contribution in [0.5, 0.6) is 0 Å². The van der Waals surface area contributed by atoms with Crippen molar-refractivity contribution < 1.29 is 9.66 Å². The molecule has 0 radical (unpaired) electrons. The second-order valence-corrected chi connectivity index (χ2v) is 5.41. The first-order chi connectivity index (χ1) is 9.93. The molecule has 0 aliphatic rings. The van der Waals surface area contributed by atoms with Crippen molar-refractivity contribution in [1.29, 1.82) is 0 Å². The molecule has 5 heteroatoms. The highest BCUT2D eigenvalue weighted by Crippen LogP contribution is 2.22. The van der Waals surface area contributed by atoms with Gasteiger partial charge >= 0.3 is 0 Å². The van der Waals surface area contributed by atoms with Gasteiger partial charge in [0.2, 0.25) is 6.20 Å². The minimum Gasteiger partial charge on any atom is -0.595 e. The number of halogens is 1. The van der Waals surface area contributed by atoms with E-state index in [4.69, 9.17) is 11.6 Å². The minimum absolute atomic E-state index is 0.133. The molecule has 0 saturated heterocycles. The second kappa shape index (κ2) is 8.57. The summed E-state index contributed by atoms with van der Waals surface area (Å²) in [6.07, 6.45) is 4.23. The van der Waals surface area contributed by atoms with E-state index in [2.05, 4.69) is 12.0 Å². The molecule has 1 aromatic carbocycles. The Morgan fingerprint density at radius 1 is 1.43 bits per heavy atom. The van der Waals surface area contributed by atoms with Crippen LogP contribution in [0.2, 0.25) is 5.02 Å². The lowest BCUT2D eigenvalue weighted by Gasteiger charge is -2.06. The number of azo groups is 1. The van der Waals surface area contributed by atoms with E-state index in [1.807, 2.05) is 12.1 Å². The van der Waals surface area contributed by atoms with Crippen molar-refractivity contribution in [2.75, 3.05) is 0 Å². The van der Waals surface area contributed by atoms with E-state index in [-0.39, 0.29) is 5.78 Å². The van der Waals surface area contributed by atoms with Crippen molar-refractivity contribution in [3.05, 3.63) is 46.3 Å². The Balaban J connectivity index is 3.03. The van der Waals surface area contributed by atoms with Gasteiger partial charge in [0.1, 0.15) is 0 Å². The van der Waals surface area contributed by atoms with Gasteiger partial charge in [0.25, 0.3) is 0 Å². The van der Waals surface area contributed by atoms with Gasteiger partial charge in [-0.25, -0.2) is 0 Å². The number of carbonyl (C=O) groups excluding carboxylic acids is 1. The molecule has 0 bridgehead atoms. The van der Waals surface area contributed by atoms with E-state index in [0.717, 1.165) is 30.4 Å². The first-order valence-corrected chi connectivity index (χ1v) is 7.46. The van der Waals surface area contributed by atoms with Crippen LogP contribution in [0.25, 0.3) is 5.57 Å². The lowest BCUT2D eigenvalue weighted by atomic mass is 10.0. The molecule has 0 saturated carbocycles. The fraction of sp³-hybridized carbons (Fsp3) is 0.438. The summed E-state index contributed by atoms with van der Waals surface area (Å²) >= 11 is 5.88. The standard InChI is InChI=1S/C16H21ClN2O2/c1-4-5-6-15(14-7-9-16(17)10-8-14)11-19(21)18-12(2)13(3)20/h7-12H,4-6H2,1-3H3/b15-11+,19-18?/t12-/m0/s1. The number of ketones is 1. The van der Waals surface area contributed by atoms with Crippen LogP contribution in [0.3, 0.4) is 0 Å². The summed E-state index contributed by atoms with van der Waals surface area (Å²) in [4.78, 5) is 11.6. The number of benzene rings is 1. The molecular weight excluding hydrogens is 288 g/mol. The SMILES string of the molecule is CCCC/C(=C\[N+]([O-])=N[C@@H](C)C(C)=O)c1ccc(Cl)cc1. The third kappa shape index (κ3) is 6.08. The maximum Gasteiger partial charge on any atom is 0.213 e. The highest BCUT2D eigenvalue weighted by molar-refractivity contribution is 6.30. The van der Waals surface area contributed by atoms with Crippen molar-refractivity contribution in [2.24, 2.45) is 5.11 Å². The summed E-state index contributed by atoms with van der Waals surface area (Å²) in [7, 11) is 0. The Hall–Kier alpha value is -1.68. The third-order valence-electron chi connectivity index (χ3n) is 3.16.